The first-order valence-electron chi connectivity index (χ1n) is 6.48. The zero-order valence-corrected chi connectivity index (χ0v) is 11.9. The van der Waals surface area contributed by atoms with Gasteiger partial charge in [0.2, 0.25) is 0 Å². The molecule has 0 aliphatic rings. The molecule has 1 aromatic carbocycles. The lowest BCUT2D eigenvalue weighted by atomic mass is 10.0. The van der Waals surface area contributed by atoms with Crippen LogP contribution in [0, 0.1) is 0 Å². The molecule has 0 fully saturated rings. The van der Waals surface area contributed by atoms with E-state index in [0.29, 0.717) is 10.5 Å². The molecule has 1 aromatic rings. The summed E-state index contributed by atoms with van der Waals surface area (Å²) in [6.07, 6.45) is -4.26. The zero-order valence-electron chi connectivity index (χ0n) is 11.9. The highest BCUT2D eigenvalue weighted by atomic mass is 19.4. The van der Waals surface area contributed by atoms with Crippen molar-refractivity contribution in [2.24, 2.45) is 0 Å². The van der Waals surface area contributed by atoms with Gasteiger partial charge in [0.05, 0.1) is 6.04 Å². The van der Waals surface area contributed by atoms with Gasteiger partial charge in [0.25, 0.3) is 0 Å². The van der Waals surface area contributed by atoms with Crippen molar-refractivity contribution in [1.29, 1.82) is 0 Å². The minimum absolute atomic E-state index is 0.283. The Kier molecular flexibility index (Phi) is 5.73. The molecule has 0 saturated heterocycles. The number of carboxylic acid groups (broad SMARTS) is 1. The van der Waals surface area contributed by atoms with E-state index in [-0.39, 0.29) is 6.42 Å². The van der Waals surface area contributed by atoms with Crippen LogP contribution < -0.4 is 0 Å². The molecule has 0 unspecified atom stereocenters. The fourth-order valence-corrected chi connectivity index (χ4v) is 2.12. The Balaban J connectivity index is 3.29. The summed E-state index contributed by atoms with van der Waals surface area (Å²) in [5.74, 6) is -3.70. The fourth-order valence-electron chi connectivity index (χ4n) is 2.12. The van der Waals surface area contributed by atoms with Gasteiger partial charge in [-0.05, 0) is 18.9 Å². The molecule has 1 N–H and O–H groups in total. The van der Waals surface area contributed by atoms with E-state index in [9.17, 15) is 27.9 Å². The molecule has 0 radical (unpaired) electrons. The molecule has 0 aliphatic carbocycles. The first-order chi connectivity index (χ1) is 10.2. The van der Waals surface area contributed by atoms with Crippen LogP contribution in [0.2, 0.25) is 0 Å². The summed E-state index contributed by atoms with van der Waals surface area (Å²) in [5, 5.41) is 9.18. The number of rotatable bonds is 6. The number of hydrogen-bond acceptors (Lipinski definition) is 2. The smallest absolute Gasteiger partial charge is 0.471 e. The average Bonchev–Trinajstić information content (AvgIpc) is 2.46. The molecule has 1 rings (SSSR count). The highest BCUT2D eigenvalue weighted by Gasteiger charge is 2.47. The number of amides is 1. The van der Waals surface area contributed by atoms with Crippen LogP contribution in [0.5, 0.6) is 0 Å². The third-order valence-electron chi connectivity index (χ3n) is 3.19. The molecule has 0 bridgehead atoms. The molecule has 0 spiro atoms. The Labute approximate surface area is 125 Å². The van der Waals surface area contributed by atoms with Crippen LogP contribution in [-0.2, 0) is 9.59 Å². The summed E-state index contributed by atoms with van der Waals surface area (Å²) in [7, 11) is 0. The van der Waals surface area contributed by atoms with Gasteiger partial charge in [0.1, 0.15) is 6.04 Å². The Hall–Kier alpha value is -2.31. The SMILES string of the molecule is C=CC[C@@H](C(=O)O)N(C(=O)C(F)(F)F)[C@H](C)c1ccccc1. The highest BCUT2D eigenvalue weighted by molar-refractivity contribution is 5.87. The Morgan fingerprint density at radius 2 is 1.86 bits per heavy atom. The van der Waals surface area contributed by atoms with Crippen molar-refractivity contribution in [3.8, 4) is 0 Å². The van der Waals surface area contributed by atoms with E-state index in [1.165, 1.54) is 25.1 Å². The van der Waals surface area contributed by atoms with Crippen LogP contribution in [-0.4, -0.2) is 34.1 Å². The van der Waals surface area contributed by atoms with Crippen molar-refractivity contribution in [3.05, 3.63) is 48.6 Å². The van der Waals surface area contributed by atoms with Crippen molar-refractivity contribution in [2.75, 3.05) is 0 Å². The Morgan fingerprint density at radius 3 is 2.27 bits per heavy atom. The van der Waals surface area contributed by atoms with Gasteiger partial charge < -0.3 is 10.0 Å². The lowest BCUT2D eigenvalue weighted by molar-refractivity contribution is -0.192. The van der Waals surface area contributed by atoms with Gasteiger partial charge in [-0.25, -0.2) is 4.79 Å². The van der Waals surface area contributed by atoms with Crippen LogP contribution in [0.3, 0.4) is 0 Å². The van der Waals surface area contributed by atoms with Crippen molar-refractivity contribution >= 4 is 11.9 Å². The summed E-state index contributed by atoms with van der Waals surface area (Å²) < 4.78 is 38.5. The fraction of sp³-hybridized carbons (Fsp3) is 0.333. The zero-order chi connectivity index (χ0) is 16.9. The van der Waals surface area contributed by atoms with E-state index in [4.69, 9.17) is 0 Å². The number of benzene rings is 1. The predicted molar refractivity (Wildman–Crippen MR) is 74.0 cm³/mol. The molecular weight excluding hydrogens is 299 g/mol. The first-order valence-corrected chi connectivity index (χ1v) is 6.48. The molecule has 0 aromatic heterocycles. The number of carbonyl (C=O) groups is 2. The number of alkyl halides is 3. The van der Waals surface area contributed by atoms with E-state index < -0.39 is 30.1 Å². The average molecular weight is 315 g/mol. The van der Waals surface area contributed by atoms with E-state index >= 15 is 0 Å². The molecular formula is C15H16F3NO3. The summed E-state index contributed by atoms with van der Waals surface area (Å²) >= 11 is 0. The van der Waals surface area contributed by atoms with Gasteiger partial charge in [0.15, 0.2) is 0 Å². The van der Waals surface area contributed by atoms with Crippen molar-refractivity contribution < 1.29 is 27.9 Å². The monoisotopic (exact) mass is 315 g/mol. The lowest BCUT2D eigenvalue weighted by Gasteiger charge is -2.34. The minimum atomic E-state index is -5.15. The second-order valence-corrected chi connectivity index (χ2v) is 4.68. The normalized spacial score (nSPS) is 14.0. The van der Waals surface area contributed by atoms with E-state index in [1.54, 1.807) is 18.2 Å². The van der Waals surface area contributed by atoms with Crippen LogP contribution in [0.15, 0.2) is 43.0 Å². The molecule has 120 valence electrons. The molecule has 0 aliphatic heterocycles. The number of nitrogens with zero attached hydrogens (tertiary/aromatic N) is 1. The predicted octanol–water partition coefficient (Wildman–Crippen LogP) is 3.17. The largest absolute Gasteiger partial charge is 0.480 e. The number of carbonyl (C=O) groups excluding carboxylic acids is 1. The Bertz CT molecular complexity index is 543. The first kappa shape index (κ1) is 17.7. The lowest BCUT2D eigenvalue weighted by Crippen LogP contribution is -2.51. The van der Waals surface area contributed by atoms with Gasteiger partial charge >= 0.3 is 18.1 Å². The number of carboxylic acids is 1. The maximum Gasteiger partial charge on any atom is 0.471 e. The molecule has 22 heavy (non-hydrogen) atoms. The summed E-state index contributed by atoms with van der Waals surface area (Å²) in [6.45, 7) is 4.70. The van der Waals surface area contributed by atoms with Crippen LogP contribution in [0.25, 0.3) is 0 Å². The van der Waals surface area contributed by atoms with Crippen LogP contribution in [0.4, 0.5) is 13.2 Å². The van der Waals surface area contributed by atoms with Crippen molar-refractivity contribution in [2.45, 2.75) is 31.6 Å². The highest BCUT2D eigenvalue weighted by Crippen LogP contribution is 2.30. The summed E-state index contributed by atoms with van der Waals surface area (Å²) in [5.41, 5.74) is 0.412. The third-order valence-corrected chi connectivity index (χ3v) is 3.19. The minimum Gasteiger partial charge on any atom is -0.480 e. The maximum atomic E-state index is 12.8. The van der Waals surface area contributed by atoms with Gasteiger partial charge in [-0.15, -0.1) is 6.58 Å². The van der Waals surface area contributed by atoms with Crippen molar-refractivity contribution in [1.82, 2.24) is 4.90 Å². The van der Waals surface area contributed by atoms with Crippen molar-refractivity contribution in [3.63, 3.8) is 0 Å². The van der Waals surface area contributed by atoms with E-state index in [0.717, 1.165) is 0 Å². The molecule has 0 heterocycles. The van der Waals surface area contributed by atoms with Gasteiger partial charge in [-0.1, -0.05) is 36.4 Å². The Morgan fingerprint density at radius 1 is 1.32 bits per heavy atom. The summed E-state index contributed by atoms with van der Waals surface area (Å²) in [6, 6.07) is 5.27. The van der Waals surface area contributed by atoms with Crippen LogP contribution in [0.1, 0.15) is 24.9 Å². The van der Waals surface area contributed by atoms with E-state index in [2.05, 4.69) is 6.58 Å². The van der Waals surface area contributed by atoms with E-state index in [1.807, 2.05) is 0 Å². The topological polar surface area (TPSA) is 57.6 Å². The number of aliphatic carboxylic acids is 1. The molecule has 1 amide bonds. The third kappa shape index (κ3) is 4.09. The second-order valence-electron chi connectivity index (χ2n) is 4.68. The number of halogens is 3. The maximum absolute atomic E-state index is 12.8. The van der Waals surface area contributed by atoms with Gasteiger partial charge in [-0.2, -0.15) is 13.2 Å². The van der Waals surface area contributed by atoms with Gasteiger partial charge in [0, 0.05) is 0 Å². The quantitative estimate of drug-likeness (QED) is 0.820. The summed E-state index contributed by atoms with van der Waals surface area (Å²) in [4.78, 5) is 23.3. The molecule has 0 saturated carbocycles. The van der Waals surface area contributed by atoms with Gasteiger partial charge in [-0.3, -0.25) is 4.79 Å². The molecule has 7 heteroatoms. The molecule has 4 nitrogen and oxygen atoms in total. The molecule has 2 atom stereocenters. The number of hydrogen-bond donors (Lipinski definition) is 1. The second kappa shape index (κ2) is 7.11. The van der Waals surface area contributed by atoms with Crippen LogP contribution >= 0.6 is 0 Å². The standard InChI is InChI=1S/C15H16F3NO3/c1-3-7-12(13(20)21)19(14(22)15(16,17)18)10(2)11-8-5-4-6-9-11/h3-6,8-10,12H,1,7H2,2H3,(H,20,21)/t10-,12+/m1/s1.